The van der Waals surface area contributed by atoms with Crippen molar-refractivity contribution < 1.29 is 17.2 Å². The normalized spacial score (nSPS) is 11.5. The molecule has 0 aliphatic rings. The summed E-state index contributed by atoms with van der Waals surface area (Å²) in [6, 6.07) is 8.91. The molecule has 0 spiro atoms. The molecule has 0 bridgehead atoms. The van der Waals surface area contributed by atoms with Gasteiger partial charge < -0.3 is 0 Å². The topological polar surface area (TPSA) is 34.1 Å². The Morgan fingerprint density at radius 2 is 1.44 bits per heavy atom. The molecule has 2 nitrogen and oxygen atoms in total. The number of hydrogen-bond donors (Lipinski definition) is 0. The molecule has 0 aliphatic heterocycles. The van der Waals surface area contributed by atoms with Gasteiger partial charge >= 0.3 is 0 Å². The van der Waals surface area contributed by atoms with Crippen molar-refractivity contribution in [2.45, 2.75) is 4.90 Å². The van der Waals surface area contributed by atoms with E-state index in [1.165, 1.54) is 30.3 Å². The second kappa shape index (κ2) is 4.66. The quantitative estimate of drug-likeness (QED) is 0.792. The molecule has 0 aliphatic carbocycles. The van der Waals surface area contributed by atoms with Crippen molar-refractivity contribution in [3.63, 3.8) is 0 Å². The summed E-state index contributed by atoms with van der Waals surface area (Å²) >= 11 is 0. The van der Waals surface area contributed by atoms with Gasteiger partial charge in [0.25, 0.3) is 9.05 Å². The summed E-state index contributed by atoms with van der Waals surface area (Å²) < 4.78 is 48.4. The van der Waals surface area contributed by atoms with Crippen LogP contribution in [0.15, 0.2) is 47.4 Å². The van der Waals surface area contributed by atoms with Crippen LogP contribution < -0.4 is 0 Å². The summed E-state index contributed by atoms with van der Waals surface area (Å²) in [7, 11) is 0.972. The largest absolute Gasteiger partial charge is 0.264 e. The van der Waals surface area contributed by atoms with Crippen LogP contribution in [0.1, 0.15) is 0 Å². The molecule has 2 rings (SSSR count). The average molecular weight is 289 g/mol. The fraction of sp³-hybridized carbons (Fsp3) is 0. The van der Waals surface area contributed by atoms with Crippen molar-refractivity contribution >= 4 is 19.7 Å². The molecule has 0 unspecified atom stereocenters. The van der Waals surface area contributed by atoms with Crippen LogP contribution in [0.5, 0.6) is 0 Å². The van der Waals surface area contributed by atoms with Crippen LogP contribution in [0.4, 0.5) is 8.78 Å². The Bertz CT molecular complexity index is 682. The molecule has 0 heterocycles. The average Bonchev–Trinajstić information content (AvgIpc) is 2.29. The predicted octanol–water partition coefficient (Wildman–Crippen LogP) is 3.56. The Morgan fingerprint density at radius 1 is 0.889 bits per heavy atom. The van der Waals surface area contributed by atoms with Crippen LogP contribution in [0.25, 0.3) is 11.1 Å². The van der Waals surface area contributed by atoms with Gasteiger partial charge in [0, 0.05) is 10.7 Å². The lowest BCUT2D eigenvalue weighted by molar-refractivity contribution is 0.576. The first-order chi connectivity index (χ1) is 8.38. The molecule has 0 saturated carbocycles. The zero-order chi connectivity index (χ0) is 13.3. The molecule has 6 heteroatoms. The van der Waals surface area contributed by atoms with Crippen LogP contribution in [0, 0.1) is 11.6 Å². The first kappa shape index (κ1) is 13.0. The maximum absolute atomic E-state index is 13.3. The monoisotopic (exact) mass is 288 g/mol. The van der Waals surface area contributed by atoms with E-state index in [0.717, 1.165) is 12.1 Å². The highest BCUT2D eigenvalue weighted by molar-refractivity contribution is 8.13. The van der Waals surface area contributed by atoms with Crippen molar-refractivity contribution in [3.8, 4) is 11.1 Å². The minimum Gasteiger partial charge on any atom is -0.207 e. The molecule has 0 amide bonds. The van der Waals surface area contributed by atoms with E-state index in [9.17, 15) is 17.2 Å². The van der Waals surface area contributed by atoms with Gasteiger partial charge in [0.2, 0.25) is 0 Å². The van der Waals surface area contributed by atoms with Crippen molar-refractivity contribution in [1.29, 1.82) is 0 Å². The molecule has 94 valence electrons. The van der Waals surface area contributed by atoms with Gasteiger partial charge in [-0.2, -0.15) is 0 Å². The Morgan fingerprint density at radius 3 is 2.00 bits per heavy atom. The fourth-order valence-corrected chi connectivity index (χ4v) is 2.44. The number of rotatable bonds is 2. The molecule has 0 saturated heterocycles. The van der Waals surface area contributed by atoms with Gasteiger partial charge in [0.1, 0.15) is 16.5 Å². The lowest BCUT2D eigenvalue weighted by Crippen LogP contribution is -1.95. The van der Waals surface area contributed by atoms with Crippen molar-refractivity contribution in [2.75, 3.05) is 0 Å². The second-order valence-corrected chi connectivity index (χ2v) is 6.12. The van der Waals surface area contributed by atoms with Gasteiger partial charge in [-0.1, -0.05) is 18.2 Å². The molecule has 2 aromatic rings. The molecule has 18 heavy (non-hydrogen) atoms. The van der Waals surface area contributed by atoms with Crippen molar-refractivity contribution in [2.24, 2.45) is 0 Å². The standard InChI is InChI=1S/C12H7ClF2O2S/c13-18(16,17)12-7-9(3-6-11(12)15)8-1-4-10(14)5-2-8/h1-7H. The third-order valence-electron chi connectivity index (χ3n) is 2.37. The van der Waals surface area contributed by atoms with Crippen LogP contribution >= 0.6 is 10.7 Å². The van der Waals surface area contributed by atoms with Crippen LogP contribution in [0.3, 0.4) is 0 Å². The zero-order valence-electron chi connectivity index (χ0n) is 8.90. The predicted molar refractivity (Wildman–Crippen MR) is 64.8 cm³/mol. The third-order valence-corrected chi connectivity index (χ3v) is 3.71. The van der Waals surface area contributed by atoms with Crippen LogP contribution in [0.2, 0.25) is 0 Å². The summed E-state index contributed by atoms with van der Waals surface area (Å²) in [5, 5.41) is 0. The summed E-state index contributed by atoms with van der Waals surface area (Å²) in [6.07, 6.45) is 0. The van der Waals surface area contributed by atoms with E-state index in [1.807, 2.05) is 0 Å². The zero-order valence-corrected chi connectivity index (χ0v) is 10.5. The van der Waals surface area contributed by atoms with Crippen molar-refractivity contribution in [3.05, 3.63) is 54.1 Å². The molecular weight excluding hydrogens is 282 g/mol. The van der Waals surface area contributed by atoms with Gasteiger partial charge in [0.05, 0.1) is 0 Å². The first-order valence-corrected chi connectivity index (χ1v) is 7.19. The van der Waals surface area contributed by atoms with Crippen molar-refractivity contribution in [1.82, 2.24) is 0 Å². The molecule has 0 radical (unpaired) electrons. The maximum atomic E-state index is 13.3. The van der Waals surface area contributed by atoms with Gasteiger partial charge in [-0.05, 0) is 35.4 Å². The number of benzene rings is 2. The Hall–Kier alpha value is -1.46. The number of hydrogen-bond acceptors (Lipinski definition) is 2. The van der Waals surface area contributed by atoms with Gasteiger partial charge in [-0.3, -0.25) is 0 Å². The minimum atomic E-state index is -4.15. The highest BCUT2D eigenvalue weighted by atomic mass is 35.7. The van der Waals surface area contributed by atoms with E-state index in [1.54, 1.807) is 0 Å². The smallest absolute Gasteiger partial charge is 0.207 e. The molecule has 0 N–H and O–H groups in total. The fourth-order valence-electron chi connectivity index (χ4n) is 1.51. The van der Waals surface area contributed by atoms with Gasteiger partial charge in [-0.15, -0.1) is 0 Å². The Kier molecular flexibility index (Phi) is 3.36. The lowest BCUT2D eigenvalue weighted by atomic mass is 10.1. The summed E-state index contributed by atoms with van der Waals surface area (Å²) in [5.74, 6) is -1.33. The molecule has 2 aromatic carbocycles. The molecule has 0 atom stereocenters. The number of halogens is 3. The van der Waals surface area contributed by atoms with E-state index in [2.05, 4.69) is 0 Å². The Labute approximate surface area is 107 Å². The SMILES string of the molecule is O=S(=O)(Cl)c1cc(-c2ccc(F)cc2)ccc1F. The van der Waals surface area contributed by atoms with E-state index in [0.29, 0.717) is 11.1 Å². The highest BCUT2D eigenvalue weighted by Crippen LogP contribution is 2.26. The first-order valence-electron chi connectivity index (χ1n) is 4.88. The van der Waals surface area contributed by atoms with E-state index < -0.39 is 25.6 Å². The van der Waals surface area contributed by atoms with E-state index in [-0.39, 0.29) is 0 Å². The molecule has 0 fully saturated rings. The second-order valence-electron chi connectivity index (χ2n) is 3.59. The Balaban J connectivity index is 2.57. The summed E-state index contributed by atoms with van der Waals surface area (Å²) in [5.41, 5.74) is 1.01. The maximum Gasteiger partial charge on any atom is 0.264 e. The lowest BCUT2D eigenvalue weighted by Gasteiger charge is -2.04. The molecule has 0 aromatic heterocycles. The van der Waals surface area contributed by atoms with Gasteiger partial charge in [-0.25, -0.2) is 17.2 Å². The van der Waals surface area contributed by atoms with E-state index in [4.69, 9.17) is 10.7 Å². The van der Waals surface area contributed by atoms with E-state index >= 15 is 0 Å². The third kappa shape index (κ3) is 2.68. The van der Waals surface area contributed by atoms with Gasteiger partial charge in [0.15, 0.2) is 0 Å². The van der Waals surface area contributed by atoms with Crippen LogP contribution in [-0.4, -0.2) is 8.42 Å². The molecular formula is C12H7ClF2O2S. The highest BCUT2D eigenvalue weighted by Gasteiger charge is 2.17. The minimum absolute atomic E-state index is 0.411. The summed E-state index contributed by atoms with van der Waals surface area (Å²) in [6.45, 7) is 0. The van der Waals surface area contributed by atoms with Crippen LogP contribution in [-0.2, 0) is 9.05 Å². The summed E-state index contributed by atoms with van der Waals surface area (Å²) in [4.78, 5) is -0.592.